The van der Waals surface area contributed by atoms with Gasteiger partial charge in [0.1, 0.15) is 12.0 Å². The van der Waals surface area contributed by atoms with Crippen LogP contribution in [0.25, 0.3) is 0 Å². The van der Waals surface area contributed by atoms with Gasteiger partial charge in [0.25, 0.3) is 0 Å². The van der Waals surface area contributed by atoms with Crippen LogP contribution in [-0.4, -0.2) is 29.7 Å². The molecular weight excluding hydrogens is 234 g/mol. The maximum Gasteiger partial charge on any atom is 0.407 e. The van der Waals surface area contributed by atoms with E-state index in [1.54, 1.807) is 40.7 Å². The quantitative estimate of drug-likeness (QED) is 0.792. The molecule has 0 heterocycles. The van der Waals surface area contributed by atoms with Gasteiger partial charge < -0.3 is 15.4 Å². The largest absolute Gasteiger partial charge is 0.444 e. The fraction of sp³-hybridized carbons (Fsp3) is 0.750. The zero-order valence-corrected chi connectivity index (χ0v) is 11.5. The van der Waals surface area contributed by atoms with Crippen molar-refractivity contribution >= 4 is 12.0 Å². The molecule has 0 bridgehead atoms. The standard InChI is InChI=1S/C12H21N3O3/c1-8(14-10(16)6-7-13)9(2)15-11(17)18-12(3,4)5/h8-9H,6H2,1-5H3,(H,14,16)(H,15,17). The van der Waals surface area contributed by atoms with Crippen molar-refractivity contribution in [2.24, 2.45) is 0 Å². The first-order chi connectivity index (χ1) is 8.15. The summed E-state index contributed by atoms with van der Waals surface area (Å²) in [7, 11) is 0. The van der Waals surface area contributed by atoms with Crippen LogP contribution in [0, 0.1) is 11.3 Å². The highest BCUT2D eigenvalue weighted by Gasteiger charge is 2.21. The average molecular weight is 255 g/mol. The van der Waals surface area contributed by atoms with Crippen LogP contribution >= 0.6 is 0 Å². The number of rotatable bonds is 4. The van der Waals surface area contributed by atoms with E-state index in [2.05, 4.69) is 10.6 Å². The molecule has 6 heteroatoms. The SMILES string of the molecule is CC(NC(=O)CC#N)C(C)NC(=O)OC(C)(C)C. The van der Waals surface area contributed by atoms with Crippen LogP contribution < -0.4 is 10.6 Å². The third kappa shape index (κ3) is 7.49. The Bertz CT molecular complexity index is 341. The predicted octanol–water partition coefficient (Wildman–Crippen LogP) is 1.32. The van der Waals surface area contributed by atoms with Gasteiger partial charge in [0, 0.05) is 12.1 Å². The second-order valence-electron chi connectivity index (χ2n) is 5.13. The topological polar surface area (TPSA) is 91.2 Å². The van der Waals surface area contributed by atoms with Crippen molar-refractivity contribution in [1.82, 2.24) is 10.6 Å². The molecule has 18 heavy (non-hydrogen) atoms. The van der Waals surface area contributed by atoms with E-state index in [1.165, 1.54) is 0 Å². The molecule has 0 aromatic heterocycles. The van der Waals surface area contributed by atoms with Gasteiger partial charge in [-0.05, 0) is 34.6 Å². The van der Waals surface area contributed by atoms with Gasteiger partial charge in [-0.25, -0.2) is 4.79 Å². The van der Waals surface area contributed by atoms with Crippen LogP contribution in [0.4, 0.5) is 4.79 Å². The lowest BCUT2D eigenvalue weighted by atomic mass is 10.1. The first-order valence-electron chi connectivity index (χ1n) is 5.81. The highest BCUT2D eigenvalue weighted by Crippen LogP contribution is 2.07. The summed E-state index contributed by atoms with van der Waals surface area (Å²) >= 11 is 0. The van der Waals surface area contributed by atoms with Crippen molar-refractivity contribution in [2.75, 3.05) is 0 Å². The van der Waals surface area contributed by atoms with Crippen LogP contribution in [0.2, 0.25) is 0 Å². The number of carbonyl (C=O) groups is 2. The summed E-state index contributed by atoms with van der Waals surface area (Å²) in [6.45, 7) is 8.82. The Balaban J connectivity index is 4.16. The summed E-state index contributed by atoms with van der Waals surface area (Å²) in [5.41, 5.74) is -0.558. The van der Waals surface area contributed by atoms with E-state index >= 15 is 0 Å². The first-order valence-corrected chi connectivity index (χ1v) is 5.81. The molecule has 0 saturated carbocycles. The maximum atomic E-state index is 11.5. The Morgan fingerprint density at radius 1 is 1.22 bits per heavy atom. The van der Waals surface area contributed by atoms with E-state index in [9.17, 15) is 9.59 Å². The van der Waals surface area contributed by atoms with E-state index in [0.717, 1.165) is 0 Å². The molecule has 2 atom stereocenters. The fourth-order valence-corrected chi connectivity index (χ4v) is 1.12. The van der Waals surface area contributed by atoms with Crippen molar-refractivity contribution in [2.45, 2.75) is 58.7 Å². The number of carbonyl (C=O) groups excluding carboxylic acids is 2. The highest BCUT2D eigenvalue weighted by molar-refractivity contribution is 5.78. The minimum atomic E-state index is -0.558. The van der Waals surface area contributed by atoms with Gasteiger partial charge in [-0.3, -0.25) is 4.79 Å². The average Bonchev–Trinajstić information content (AvgIpc) is 2.14. The van der Waals surface area contributed by atoms with E-state index in [1.807, 2.05) is 0 Å². The molecule has 2 N–H and O–H groups in total. The van der Waals surface area contributed by atoms with Gasteiger partial charge >= 0.3 is 6.09 Å². The number of amides is 2. The minimum absolute atomic E-state index is 0.191. The van der Waals surface area contributed by atoms with E-state index in [-0.39, 0.29) is 24.4 Å². The number of hydrogen-bond donors (Lipinski definition) is 2. The number of nitrogens with one attached hydrogen (secondary N) is 2. The molecule has 0 aromatic carbocycles. The zero-order valence-electron chi connectivity index (χ0n) is 11.5. The lowest BCUT2D eigenvalue weighted by Crippen LogP contribution is -2.49. The molecule has 0 aliphatic heterocycles. The fourth-order valence-electron chi connectivity index (χ4n) is 1.12. The normalized spacial score (nSPS) is 14.0. The predicted molar refractivity (Wildman–Crippen MR) is 66.7 cm³/mol. The smallest absolute Gasteiger partial charge is 0.407 e. The molecule has 0 fully saturated rings. The van der Waals surface area contributed by atoms with Gasteiger partial charge in [0.2, 0.25) is 5.91 Å². The number of ether oxygens (including phenoxy) is 1. The molecule has 102 valence electrons. The maximum absolute atomic E-state index is 11.5. The first kappa shape index (κ1) is 16.2. The van der Waals surface area contributed by atoms with Crippen LogP contribution in [0.15, 0.2) is 0 Å². The number of hydrogen-bond acceptors (Lipinski definition) is 4. The molecule has 0 saturated heterocycles. The lowest BCUT2D eigenvalue weighted by molar-refractivity contribution is -0.120. The van der Waals surface area contributed by atoms with E-state index in [0.29, 0.717) is 0 Å². The third-order valence-electron chi connectivity index (χ3n) is 2.12. The van der Waals surface area contributed by atoms with Gasteiger partial charge in [-0.2, -0.15) is 5.26 Å². The van der Waals surface area contributed by atoms with Gasteiger partial charge in [-0.1, -0.05) is 0 Å². The number of nitrogens with zero attached hydrogens (tertiary/aromatic N) is 1. The van der Waals surface area contributed by atoms with Gasteiger partial charge in [0.15, 0.2) is 0 Å². The summed E-state index contributed by atoms with van der Waals surface area (Å²) in [5, 5.41) is 13.6. The van der Waals surface area contributed by atoms with E-state index in [4.69, 9.17) is 10.00 Å². The Hall–Kier alpha value is -1.77. The summed E-state index contributed by atoms with van der Waals surface area (Å²) in [5.74, 6) is -0.358. The van der Waals surface area contributed by atoms with Crippen molar-refractivity contribution < 1.29 is 14.3 Å². The Morgan fingerprint density at radius 2 is 1.72 bits per heavy atom. The van der Waals surface area contributed by atoms with Crippen molar-refractivity contribution in [1.29, 1.82) is 5.26 Å². The molecule has 0 spiro atoms. The summed E-state index contributed by atoms with van der Waals surface area (Å²) in [4.78, 5) is 22.7. The van der Waals surface area contributed by atoms with Crippen molar-refractivity contribution in [3.8, 4) is 6.07 Å². The monoisotopic (exact) mass is 255 g/mol. The molecule has 2 unspecified atom stereocenters. The minimum Gasteiger partial charge on any atom is -0.444 e. The van der Waals surface area contributed by atoms with Gasteiger partial charge in [0.05, 0.1) is 6.07 Å². The summed E-state index contributed by atoms with van der Waals surface area (Å²) < 4.78 is 5.10. The molecule has 6 nitrogen and oxygen atoms in total. The van der Waals surface area contributed by atoms with Crippen molar-refractivity contribution in [3.63, 3.8) is 0 Å². The van der Waals surface area contributed by atoms with Crippen LogP contribution in [0.3, 0.4) is 0 Å². The van der Waals surface area contributed by atoms with Crippen LogP contribution in [0.5, 0.6) is 0 Å². The molecule has 0 aliphatic carbocycles. The molecular formula is C12H21N3O3. The molecule has 0 rings (SSSR count). The van der Waals surface area contributed by atoms with Crippen molar-refractivity contribution in [3.05, 3.63) is 0 Å². The molecule has 0 radical (unpaired) electrons. The Kier molecular flexibility index (Phi) is 6.17. The Labute approximate surface area is 108 Å². The summed E-state index contributed by atoms with van der Waals surface area (Å²) in [6, 6.07) is 1.19. The van der Waals surface area contributed by atoms with E-state index < -0.39 is 11.7 Å². The lowest BCUT2D eigenvalue weighted by Gasteiger charge is -2.25. The van der Waals surface area contributed by atoms with Crippen LogP contribution in [-0.2, 0) is 9.53 Å². The third-order valence-corrected chi connectivity index (χ3v) is 2.12. The second-order valence-corrected chi connectivity index (χ2v) is 5.13. The Morgan fingerprint density at radius 3 is 2.17 bits per heavy atom. The molecule has 0 aliphatic rings. The number of alkyl carbamates (subject to hydrolysis) is 1. The zero-order chi connectivity index (χ0) is 14.3. The molecule has 2 amide bonds. The molecule has 0 aromatic rings. The van der Waals surface area contributed by atoms with Crippen LogP contribution in [0.1, 0.15) is 41.0 Å². The summed E-state index contributed by atoms with van der Waals surface area (Å²) in [6.07, 6.45) is -0.722. The number of nitriles is 1. The second kappa shape index (κ2) is 6.84. The van der Waals surface area contributed by atoms with Gasteiger partial charge in [-0.15, -0.1) is 0 Å². The highest BCUT2D eigenvalue weighted by atomic mass is 16.6.